The van der Waals surface area contributed by atoms with Gasteiger partial charge in [0.2, 0.25) is 0 Å². The molecule has 100 valence electrons. The average molecular weight is 270 g/mol. The number of hydrogen-bond acceptors (Lipinski definition) is 5. The van der Waals surface area contributed by atoms with E-state index in [4.69, 9.17) is 4.74 Å². The largest absolute Gasteiger partial charge is 0.383 e. The maximum absolute atomic E-state index is 11.6. The Balaban J connectivity index is 1.71. The maximum atomic E-state index is 11.6. The molecule has 2 heterocycles. The third-order valence-electron chi connectivity index (χ3n) is 2.81. The first kappa shape index (κ1) is 13.1. The van der Waals surface area contributed by atoms with Crippen LogP contribution in [0.15, 0.2) is 11.6 Å². The van der Waals surface area contributed by atoms with Crippen LogP contribution in [0.25, 0.3) is 0 Å². The van der Waals surface area contributed by atoms with Crippen LogP contribution in [-0.2, 0) is 4.74 Å². The van der Waals surface area contributed by atoms with Crippen molar-refractivity contribution in [2.24, 2.45) is 0 Å². The maximum Gasteiger partial charge on any atom is 0.315 e. The lowest BCUT2D eigenvalue weighted by atomic mass is 10.3. The lowest BCUT2D eigenvalue weighted by Crippen LogP contribution is -2.44. The molecule has 0 aromatic carbocycles. The van der Waals surface area contributed by atoms with Gasteiger partial charge in [0, 0.05) is 44.4 Å². The van der Waals surface area contributed by atoms with Crippen LogP contribution < -0.4 is 15.5 Å². The fraction of sp³-hybridized carbons (Fsp3) is 0.636. The quantitative estimate of drug-likeness (QED) is 0.772. The van der Waals surface area contributed by atoms with E-state index < -0.39 is 0 Å². The highest BCUT2D eigenvalue weighted by atomic mass is 32.1. The molecule has 2 N–H and O–H groups in total. The van der Waals surface area contributed by atoms with Gasteiger partial charge in [0.05, 0.1) is 6.61 Å². The minimum absolute atomic E-state index is 0.127. The Labute approximate surface area is 110 Å². The molecule has 0 radical (unpaired) electrons. The summed E-state index contributed by atoms with van der Waals surface area (Å²) in [7, 11) is 1.61. The minimum atomic E-state index is -0.127. The van der Waals surface area contributed by atoms with Gasteiger partial charge in [0.1, 0.15) is 0 Å². The first-order valence-corrected chi connectivity index (χ1v) is 6.85. The number of ether oxygens (including phenoxy) is 1. The van der Waals surface area contributed by atoms with Gasteiger partial charge in [0.25, 0.3) is 0 Å². The van der Waals surface area contributed by atoms with E-state index in [0.29, 0.717) is 13.2 Å². The number of carbonyl (C=O) groups excluding carboxylic acids is 1. The second kappa shape index (κ2) is 6.55. The normalized spacial score (nSPS) is 18.9. The van der Waals surface area contributed by atoms with Crippen LogP contribution in [0.4, 0.5) is 9.93 Å². The van der Waals surface area contributed by atoms with Crippen LogP contribution in [0.5, 0.6) is 0 Å². The number of aromatic nitrogens is 1. The lowest BCUT2D eigenvalue weighted by molar-refractivity contribution is 0.195. The van der Waals surface area contributed by atoms with Crippen LogP contribution in [0, 0.1) is 0 Å². The molecule has 1 atom stereocenters. The summed E-state index contributed by atoms with van der Waals surface area (Å²) in [4.78, 5) is 18.0. The molecule has 0 spiro atoms. The zero-order valence-corrected chi connectivity index (χ0v) is 11.2. The molecule has 1 aliphatic rings. The Morgan fingerprint density at radius 2 is 2.61 bits per heavy atom. The molecule has 2 rings (SSSR count). The van der Waals surface area contributed by atoms with Crippen LogP contribution in [0.2, 0.25) is 0 Å². The summed E-state index contributed by atoms with van der Waals surface area (Å²) in [6.07, 6.45) is 2.76. The number of thiazole rings is 1. The van der Waals surface area contributed by atoms with Crippen molar-refractivity contribution in [1.82, 2.24) is 15.6 Å². The van der Waals surface area contributed by atoms with Crippen molar-refractivity contribution in [2.75, 3.05) is 38.3 Å². The van der Waals surface area contributed by atoms with Gasteiger partial charge in [0.15, 0.2) is 5.13 Å². The molecule has 6 nitrogen and oxygen atoms in total. The Kier molecular flexibility index (Phi) is 4.77. The van der Waals surface area contributed by atoms with Gasteiger partial charge in [-0.2, -0.15) is 0 Å². The first-order chi connectivity index (χ1) is 8.79. The second-order valence-electron chi connectivity index (χ2n) is 4.14. The molecule has 0 bridgehead atoms. The average Bonchev–Trinajstić information content (AvgIpc) is 2.98. The van der Waals surface area contributed by atoms with E-state index in [9.17, 15) is 4.79 Å². The van der Waals surface area contributed by atoms with Crippen molar-refractivity contribution >= 4 is 22.5 Å². The number of rotatable bonds is 5. The smallest absolute Gasteiger partial charge is 0.315 e. The number of amides is 2. The summed E-state index contributed by atoms with van der Waals surface area (Å²) in [5, 5.41) is 8.71. The molecule has 0 aliphatic carbocycles. The summed E-state index contributed by atoms with van der Waals surface area (Å²) >= 11 is 1.63. The van der Waals surface area contributed by atoms with Crippen molar-refractivity contribution in [2.45, 2.75) is 12.5 Å². The SMILES string of the molecule is COCCNC(=O)N[C@H]1CCN(c2nccs2)C1. The number of anilines is 1. The molecule has 1 saturated heterocycles. The van der Waals surface area contributed by atoms with Gasteiger partial charge in [-0.25, -0.2) is 9.78 Å². The van der Waals surface area contributed by atoms with E-state index >= 15 is 0 Å². The number of nitrogens with zero attached hydrogens (tertiary/aromatic N) is 2. The monoisotopic (exact) mass is 270 g/mol. The molecule has 1 fully saturated rings. The number of nitrogens with one attached hydrogen (secondary N) is 2. The summed E-state index contributed by atoms with van der Waals surface area (Å²) in [5.41, 5.74) is 0. The fourth-order valence-corrected chi connectivity index (χ4v) is 2.61. The van der Waals surface area contributed by atoms with Gasteiger partial charge < -0.3 is 20.3 Å². The van der Waals surface area contributed by atoms with Gasteiger partial charge in [-0.1, -0.05) is 0 Å². The van der Waals surface area contributed by atoms with Crippen molar-refractivity contribution in [3.05, 3.63) is 11.6 Å². The highest BCUT2D eigenvalue weighted by molar-refractivity contribution is 7.13. The van der Waals surface area contributed by atoms with E-state index in [0.717, 1.165) is 24.6 Å². The number of carbonyl (C=O) groups is 1. The Morgan fingerprint density at radius 1 is 1.72 bits per heavy atom. The van der Waals surface area contributed by atoms with Gasteiger partial charge >= 0.3 is 6.03 Å². The third-order valence-corrected chi connectivity index (χ3v) is 3.64. The van der Waals surface area contributed by atoms with Gasteiger partial charge in [-0.15, -0.1) is 11.3 Å². The zero-order valence-electron chi connectivity index (χ0n) is 10.4. The van der Waals surface area contributed by atoms with Gasteiger partial charge in [-0.05, 0) is 6.42 Å². The van der Waals surface area contributed by atoms with E-state index in [1.807, 2.05) is 5.38 Å². The van der Waals surface area contributed by atoms with Crippen LogP contribution in [0.3, 0.4) is 0 Å². The Hall–Kier alpha value is -1.34. The summed E-state index contributed by atoms with van der Waals surface area (Å²) in [6, 6.07) is 0.0643. The predicted molar refractivity (Wildman–Crippen MR) is 71.1 cm³/mol. The van der Waals surface area contributed by atoms with Gasteiger partial charge in [-0.3, -0.25) is 0 Å². The van der Waals surface area contributed by atoms with Crippen molar-refractivity contribution in [3.8, 4) is 0 Å². The second-order valence-corrected chi connectivity index (χ2v) is 5.01. The lowest BCUT2D eigenvalue weighted by Gasteiger charge is -2.16. The molecule has 1 aromatic rings. The van der Waals surface area contributed by atoms with Crippen LogP contribution in [0.1, 0.15) is 6.42 Å². The van der Waals surface area contributed by atoms with E-state index in [2.05, 4.69) is 20.5 Å². The molecule has 0 saturated carbocycles. The number of urea groups is 1. The van der Waals surface area contributed by atoms with E-state index in [1.54, 1.807) is 24.6 Å². The predicted octanol–water partition coefficient (Wildman–Crippen LogP) is 0.667. The molecule has 2 amide bonds. The molecular formula is C11H18N4O2S. The van der Waals surface area contributed by atoms with Crippen molar-refractivity contribution in [3.63, 3.8) is 0 Å². The Morgan fingerprint density at radius 3 is 3.33 bits per heavy atom. The molecule has 7 heteroatoms. The summed E-state index contributed by atoms with van der Waals surface area (Å²) < 4.78 is 4.87. The van der Waals surface area contributed by atoms with Crippen LogP contribution in [-0.4, -0.2) is 50.4 Å². The third kappa shape index (κ3) is 3.58. The topological polar surface area (TPSA) is 66.5 Å². The molecule has 0 unspecified atom stereocenters. The number of hydrogen-bond donors (Lipinski definition) is 2. The summed E-state index contributed by atoms with van der Waals surface area (Å²) in [6.45, 7) is 2.83. The zero-order chi connectivity index (χ0) is 12.8. The summed E-state index contributed by atoms with van der Waals surface area (Å²) in [5.74, 6) is 0. The van der Waals surface area contributed by atoms with E-state index in [-0.39, 0.29) is 12.1 Å². The van der Waals surface area contributed by atoms with Crippen molar-refractivity contribution < 1.29 is 9.53 Å². The molecule has 1 aromatic heterocycles. The minimum Gasteiger partial charge on any atom is -0.383 e. The molecule has 1 aliphatic heterocycles. The Bertz CT molecular complexity index is 371. The van der Waals surface area contributed by atoms with E-state index in [1.165, 1.54) is 0 Å². The first-order valence-electron chi connectivity index (χ1n) is 5.97. The highest BCUT2D eigenvalue weighted by Crippen LogP contribution is 2.22. The molecule has 18 heavy (non-hydrogen) atoms. The fourth-order valence-electron chi connectivity index (χ4n) is 1.93. The molecular weight excluding hydrogens is 252 g/mol. The highest BCUT2D eigenvalue weighted by Gasteiger charge is 2.25. The number of methoxy groups -OCH3 is 1. The van der Waals surface area contributed by atoms with Crippen LogP contribution >= 0.6 is 11.3 Å². The standard InChI is InChI=1S/C11H18N4O2S/c1-17-6-3-12-10(16)14-9-2-5-15(8-9)11-13-4-7-18-11/h4,7,9H,2-3,5-6,8H2,1H3,(H2,12,14,16)/t9-/m0/s1. The van der Waals surface area contributed by atoms with Crippen molar-refractivity contribution in [1.29, 1.82) is 0 Å².